The van der Waals surface area contributed by atoms with Crippen molar-refractivity contribution in [3.8, 4) is 0 Å². The molecule has 0 saturated carbocycles. The van der Waals surface area contributed by atoms with Crippen molar-refractivity contribution < 1.29 is 9.59 Å². The third-order valence-electron chi connectivity index (χ3n) is 4.48. The predicted molar refractivity (Wildman–Crippen MR) is 113 cm³/mol. The van der Waals surface area contributed by atoms with Crippen molar-refractivity contribution in [2.45, 2.75) is 19.2 Å². The van der Waals surface area contributed by atoms with Crippen LogP contribution in [-0.4, -0.2) is 31.7 Å². The Morgan fingerprint density at radius 1 is 1.19 bits per heavy atom. The number of amides is 2. The zero-order valence-corrected chi connectivity index (χ0v) is 16.9. The van der Waals surface area contributed by atoms with Crippen molar-refractivity contribution in [1.29, 1.82) is 0 Å². The van der Waals surface area contributed by atoms with Gasteiger partial charge in [-0.05, 0) is 42.0 Å². The Morgan fingerprint density at radius 3 is 2.52 bits per heavy atom. The molecule has 1 saturated heterocycles. The van der Waals surface area contributed by atoms with Gasteiger partial charge in [-0.25, -0.2) is 0 Å². The van der Waals surface area contributed by atoms with Gasteiger partial charge < -0.3 is 10.2 Å². The Morgan fingerprint density at radius 2 is 1.89 bits per heavy atom. The highest BCUT2D eigenvalue weighted by Gasteiger charge is 2.34. The molecule has 2 amide bonds. The molecule has 5 nitrogen and oxygen atoms in total. The van der Waals surface area contributed by atoms with E-state index in [4.69, 9.17) is 0 Å². The van der Waals surface area contributed by atoms with Crippen LogP contribution in [0.15, 0.2) is 48.5 Å². The lowest BCUT2D eigenvalue weighted by molar-refractivity contribution is -0.119. The minimum Gasteiger partial charge on any atom is -0.378 e. The largest absolute Gasteiger partial charge is 0.378 e. The Balaban J connectivity index is 1.87. The number of carbonyl (C=O) groups is 2. The van der Waals surface area contributed by atoms with E-state index < -0.39 is 0 Å². The van der Waals surface area contributed by atoms with Crippen LogP contribution in [0.2, 0.25) is 0 Å². The fraction of sp³-hybridized carbons (Fsp3) is 0.333. The smallest absolute Gasteiger partial charge is 0.238 e. The van der Waals surface area contributed by atoms with Gasteiger partial charge in [0, 0.05) is 37.1 Å². The molecule has 1 fully saturated rings. The second kappa shape index (κ2) is 8.05. The number of hydrogen-bond acceptors (Lipinski definition) is 4. The van der Waals surface area contributed by atoms with E-state index in [1.807, 2.05) is 86.3 Å². The summed E-state index contributed by atoms with van der Waals surface area (Å²) in [5.74, 6) is 0.448. The molecule has 0 aliphatic carbocycles. The summed E-state index contributed by atoms with van der Waals surface area (Å²) in [6, 6.07) is 15.8. The molecule has 0 bridgehead atoms. The molecular weight excluding hydrogens is 358 g/mol. The molecule has 2 aromatic carbocycles. The average molecular weight is 384 g/mol. The molecule has 2 aromatic rings. The second-order valence-electron chi connectivity index (χ2n) is 7.11. The maximum absolute atomic E-state index is 12.6. The maximum Gasteiger partial charge on any atom is 0.238 e. The summed E-state index contributed by atoms with van der Waals surface area (Å²) < 4.78 is 0. The molecule has 6 heteroatoms. The topological polar surface area (TPSA) is 52.7 Å². The van der Waals surface area contributed by atoms with Crippen LogP contribution in [0, 0.1) is 5.92 Å². The first-order valence-electron chi connectivity index (χ1n) is 8.98. The molecule has 0 spiro atoms. The van der Waals surface area contributed by atoms with Crippen LogP contribution in [0.3, 0.4) is 0 Å². The Labute approximate surface area is 164 Å². The summed E-state index contributed by atoms with van der Waals surface area (Å²) in [5.41, 5.74) is 3.74. The zero-order valence-electron chi connectivity index (χ0n) is 16.1. The quantitative estimate of drug-likeness (QED) is 0.844. The van der Waals surface area contributed by atoms with Crippen molar-refractivity contribution in [2.75, 3.05) is 35.0 Å². The van der Waals surface area contributed by atoms with E-state index in [9.17, 15) is 9.59 Å². The standard InChI is InChI=1S/C21H25N3O2S/c1-14(2)20(26)22-16-7-5-6-15(12-16)21-24(19(25)13-27-21)18-10-8-17(9-11-18)23(3)4/h5-12,14,21H,13H2,1-4H3,(H,22,26). The number of anilines is 3. The van der Waals surface area contributed by atoms with E-state index in [0.717, 1.165) is 22.6 Å². The van der Waals surface area contributed by atoms with Crippen molar-refractivity contribution >= 4 is 40.6 Å². The molecule has 142 valence electrons. The normalized spacial score (nSPS) is 16.7. The van der Waals surface area contributed by atoms with E-state index in [2.05, 4.69) is 5.32 Å². The first-order chi connectivity index (χ1) is 12.9. The highest BCUT2D eigenvalue weighted by Crippen LogP contribution is 2.42. The van der Waals surface area contributed by atoms with Gasteiger partial charge in [-0.1, -0.05) is 26.0 Å². The minimum atomic E-state index is -0.0985. The Hall–Kier alpha value is -2.47. The lowest BCUT2D eigenvalue weighted by atomic mass is 10.1. The number of thioether (sulfide) groups is 1. The summed E-state index contributed by atoms with van der Waals surface area (Å²) in [6.45, 7) is 3.73. The van der Waals surface area contributed by atoms with Gasteiger partial charge in [0.25, 0.3) is 0 Å². The van der Waals surface area contributed by atoms with Gasteiger partial charge in [-0.2, -0.15) is 0 Å². The second-order valence-corrected chi connectivity index (χ2v) is 8.18. The molecule has 1 aliphatic heterocycles. The molecule has 1 N–H and O–H groups in total. The number of rotatable bonds is 5. The Kier molecular flexibility index (Phi) is 5.75. The van der Waals surface area contributed by atoms with Crippen molar-refractivity contribution in [1.82, 2.24) is 0 Å². The monoisotopic (exact) mass is 383 g/mol. The van der Waals surface area contributed by atoms with E-state index in [1.165, 1.54) is 0 Å². The van der Waals surface area contributed by atoms with Gasteiger partial charge in [0.15, 0.2) is 0 Å². The number of hydrogen-bond donors (Lipinski definition) is 1. The third-order valence-corrected chi connectivity index (χ3v) is 5.69. The first-order valence-corrected chi connectivity index (χ1v) is 10.0. The van der Waals surface area contributed by atoms with E-state index >= 15 is 0 Å². The van der Waals surface area contributed by atoms with Crippen LogP contribution in [0.5, 0.6) is 0 Å². The van der Waals surface area contributed by atoms with Crippen LogP contribution >= 0.6 is 11.8 Å². The van der Waals surface area contributed by atoms with Crippen LogP contribution in [0.1, 0.15) is 24.8 Å². The molecule has 3 rings (SSSR count). The van der Waals surface area contributed by atoms with Crippen LogP contribution in [0.4, 0.5) is 17.1 Å². The first kappa shape index (κ1) is 19.3. The zero-order chi connectivity index (χ0) is 19.6. The minimum absolute atomic E-state index is 0.0153. The Bertz CT molecular complexity index is 834. The highest BCUT2D eigenvalue weighted by atomic mass is 32.2. The van der Waals surface area contributed by atoms with E-state index in [0.29, 0.717) is 5.75 Å². The molecule has 1 unspecified atom stereocenters. The van der Waals surface area contributed by atoms with E-state index in [1.54, 1.807) is 11.8 Å². The molecule has 0 radical (unpaired) electrons. The SMILES string of the molecule is CC(C)C(=O)Nc1cccc(C2SCC(=O)N2c2ccc(N(C)C)cc2)c1. The van der Waals surface area contributed by atoms with Gasteiger partial charge >= 0.3 is 0 Å². The average Bonchev–Trinajstić information content (AvgIpc) is 3.03. The van der Waals surface area contributed by atoms with Crippen molar-refractivity contribution in [2.24, 2.45) is 5.92 Å². The van der Waals surface area contributed by atoms with Gasteiger partial charge in [0.2, 0.25) is 11.8 Å². The summed E-state index contributed by atoms with van der Waals surface area (Å²) in [6.07, 6.45) is 0. The van der Waals surface area contributed by atoms with Gasteiger partial charge in [-0.15, -0.1) is 11.8 Å². The van der Waals surface area contributed by atoms with E-state index in [-0.39, 0.29) is 23.1 Å². The number of nitrogens with one attached hydrogen (secondary N) is 1. The van der Waals surface area contributed by atoms with Crippen molar-refractivity contribution in [3.05, 3.63) is 54.1 Å². The molecule has 1 atom stereocenters. The predicted octanol–water partition coefficient (Wildman–Crippen LogP) is 4.13. The number of carbonyl (C=O) groups excluding carboxylic acids is 2. The number of benzene rings is 2. The molecule has 1 aliphatic rings. The highest BCUT2D eigenvalue weighted by molar-refractivity contribution is 8.00. The lowest BCUT2D eigenvalue weighted by Crippen LogP contribution is -2.28. The van der Waals surface area contributed by atoms with Crippen molar-refractivity contribution in [3.63, 3.8) is 0 Å². The van der Waals surface area contributed by atoms with Crippen LogP contribution in [-0.2, 0) is 9.59 Å². The van der Waals surface area contributed by atoms with Gasteiger partial charge in [0.1, 0.15) is 5.37 Å². The molecule has 27 heavy (non-hydrogen) atoms. The fourth-order valence-electron chi connectivity index (χ4n) is 2.92. The van der Waals surface area contributed by atoms with Gasteiger partial charge in [0.05, 0.1) is 5.75 Å². The van der Waals surface area contributed by atoms with Crippen LogP contribution in [0.25, 0.3) is 0 Å². The number of nitrogens with zero attached hydrogens (tertiary/aromatic N) is 2. The fourth-order valence-corrected chi connectivity index (χ4v) is 4.08. The lowest BCUT2D eigenvalue weighted by Gasteiger charge is -2.25. The molecule has 1 heterocycles. The summed E-state index contributed by atoms with van der Waals surface area (Å²) in [5, 5.41) is 2.84. The summed E-state index contributed by atoms with van der Waals surface area (Å²) in [4.78, 5) is 28.4. The molecule has 0 aromatic heterocycles. The maximum atomic E-state index is 12.6. The molecular formula is C21H25N3O2S. The van der Waals surface area contributed by atoms with Crippen LogP contribution < -0.4 is 15.1 Å². The summed E-state index contributed by atoms with van der Waals surface area (Å²) in [7, 11) is 3.98. The van der Waals surface area contributed by atoms with Gasteiger partial charge in [-0.3, -0.25) is 14.5 Å². The summed E-state index contributed by atoms with van der Waals surface area (Å²) >= 11 is 1.60. The third kappa shape index (κ3) is 4.27.